The number of carbonyl (C=O) groups excluding carboxylic acids is 1. The Bertz CT molecular complexity index is 1160. The maximum Gasteiger partial charge on any atom is 0.219 e. The van der Waals surface area contributed by atoms with Crippen molar-refractivity contribution in [2.45, 2.75) is 101 Å². The number of anilines is 1. The summed E-state index contributed by atoms with van der Waals surface area (Å²) in [5.74, 6) is 3.10. The smallest absolute Gasteiger partial charge is 0.219 e. The molecule has 2 aliphatic carbocycles. The number of carbonyl (C=O) groups is 1. The van der Waals surface area contributed by atoms with Crippen molar-refractivity contribution >= 4 is 11.6 Å². The van der Waals surface area contributed by atoms with E-state index in [1.54, 1.807) is 0 Å². The predicted molar refractivity (Wildman–Crippen MR) is 146 cm³/mol. The van der Waals surface area contributed by atoms with E-state index < -0.39 is 5.41 Å². The van der Waals surface area contributed by atoms with Crippen LogP contribution in [0.1, 0.15) is 82.5 Å². The summed E-state index contributed by atoms with van der Waals surface area (Å²) in [6.45, 7) is 5.10. The molecule has 0 bridgehead atoms. The highest BCUT2D eigenvalue weighted by Gasteiger charge is 2.48. The minimum atomic E-state index is -0.509. The first kappa shape index (κ1) is 25.7. The topological polar surface area (TPSA) is 96.6 Å². The second kappa shape index (κ2) is 10.6. The van der Waals surface area contributed by atoms with Gasteiger partial charge in [-0.25, -0.2) is 4.98 Å². The number of likely N-dealkylation sites (tertiary alicyclic amines) is 1. The van der Waals surface area contributed by atoms with E-state index in [0.717, 1.165) is 94.6 Å². The zero-order valence-corrected chi connectivity index (χ0v) is 23.2. The lowest BCUT2D eigenvalue weighted by atomic mass is 9.64. The summed E-state index contributed by atoms with van der Waals surface area (Å²) in [5, 5.41) is 7.94. The molecule has 1 N–H and O–H groups in total. The van der Waals surface area contributed by atoms with Gasteiger partial charge in [-0.2, -0.15) is 4.98 Å². The van der Waals surface area contributed by atoms with Gasteiger partial charge in [0, 0.05) is 43.2 Å². The number of piperidine rings is 1. The molecule has 0 unspecified atom stereocenters. The van der Waals surface area contributed by atoms with Gasteiger partial charge >= 0.3 is 0 Å². The van der Waals surface area contributed by atoms with Crippen LogP contribution in [0, 0.1) is 0 Å². The van der Waals surface area contributed by atoms with Crippen LogP contribution in [0.5, 0.6) is 5.88 Å². The molecule has 9 heteroatoms. The van der Waals surface area contributed by atoms with E-state index in [1.807, 2.05) is 13.1 Å². The van der Waals surface area contributed by atoms with Crippen LogP contribution < -0.4 is 15.0 Å². The highest BCUT2D eigenvalue weighted by Crippen LogP contribution is 2.47. The minimum Gasteiger partial charge on any atom is -0.473 e. The van der Waals surface area contributed by atoms with Crippen molar-refractivity contribution in [3.63, 3.8) is 0 Å². The van der Waals surface area contributed by atoms with Crippen LogP contribution in [0.15, 0.2) is 10.6 Å². The Balaban J connectivity index is 1.36. The molecule has 38 heavy (non-hydrogen) atoms. The van der Waals surface area contributed by atoms with Crippen molar-refractivity contribution < 1.29 is 14.1 Å². The first-order valence-corrected chi connectivity index (χ1v) is 14.7. The molecule has 0 radical (unpaired) electrons. The number of hydrogen-bond donors (Lipinski definition) is 1. The predicted octanol–water partition coefficient (Wildman–Crippen LogP) is 3.90. The quantitative estimate of drug-likeness (QED) is 0.606. The van der Waals surface area contributed by atoms with Crippen molar-refractivity contribution in [3.8, 4) is 17.4 Å². The zero-order valence-electron chi connectivity index (χ0n) is 23.2. The van der Waals surface area contributed by atoms with Crippen molar-refractivity contribution in [1.82, 2.24) is 25.3 Å². The van der Waals surface area contributed by atoms with E-state index in [1.165, 1.54) is 6.42 Å². The van der Waals surface area contributed by atoms with Crippen LogP contribution >= 0.6 is 0 Å². The normalized spacial score (nSPS) is 27.6. The third kappa shape index (κ3) is 4.62. The number of hydrogen-bond acceptors (Lipinski definition) is 9. The molecular weight excluding hydrogens is 480 g/mol. The van der Waals surface area contributed by atoms with Crippen LogP contribution in [0.2, 0.25) is 0 Å². The third-order valence-corrected chi connectivity index (χ3v) is 9.60. The van der Waals surface area contributed by atoms with Gasteiger partial charge in [0.25, 0.3) is 0 Å². The molecule has 2 saturated heterocycles. The van der Waals surface area contributed by atoms with E-state index in [9.17, 15) is 4.79 Å². The number of fused-ring (bicyclic) bond motifs is 2. The second-order valence-electron chi connectivity index (χ2n) is 11.9. The van der Waals surface area contributed by atoms with Gasteiger partial charge in [0.05, 0.1) is 5.41 Å². The first-order valence-electron chi connectivity index (χ1n) is 14.7. The van der Waals surface area contributed by atoms with Crippen LogP contribution in [-0.2, 0) is 16.6 Å². The van der Waals surface area contributed by atoms with Gasteiger partial charge in [-0.05, 0) is 85.4 Å². The number of rotatable bonds is 6. The summed E-state index contributed by atoms with van der Waals surface area (Å²) in [7, 11) is 4.21. The summed E-state index contributed by atoms with van der Waals surface area (Å²) in [5.41, 5.74) is 1.19. The van der Waals surface area contributed by atoms with Crippen molar-refractivity contribution in [2.75, 3.05) is 38.6 Å². The molecular formula is C29H42N6O3. The molecule has 206 valence electrons. The Labute approximate surface area is 225 Å². The van der Waals surface area contributed by atoms with Gasteiger partial charge in [0.1, 0.15) is 17.7 Å². The Kier molecular flexibility index (Phi) is 7.16. The number of Topliss-reactive ketones (excluding diaryl/α,β-unsaturated/α-hetero) is 1. The van der Waals surface area contributed by atoms with E-state index in [2.05, 4.69) is 34.2 Å². The molecule has 2 aromatic heterocycles. The fourth-order valence-corrected chi connectivity index (χ4v) is 7.31. The van der Waals surface area contributed by atoms with E-state index in [4.69, 9.17) is 19.2 Å². The van der Waals surface area contributed by atoms with Crippen molar-refractivity contribution in [1.29, 1.82) is 0 Å². The third-order valence-electron chi connectivity index (χ3n) is 9.60. The van der Waals surface area contributed by atoms with Crippen molar-refractivity contribution in [2.24, 2.45) is 0 Å². The minimum absolute atomic E-state index is 0.0162. The van der Waals surface area contributed by atoms with Crippen LogP contribution in [0.25, 0.3) is 11.5 Å². The van der Waals surface area contributed by atoms with Gasteiger partial charge < -0.3 is 19.5 Å². The number of aromatic nitrogens is 3. The number of ether oxygens (including phenoxy) is 1. The van der Waals surface area contributed by atoms with Crippen LogP contribution in [0.4, 0.5) is 5.82 Å². The average molecular weight is 523 g/mol. The van der Waals surface area contributed by atoms with Gasteiger partial charge in [-0.1, -0.05) is 11.6 Å². The van der Waals surface area contributed by atoms with Crippen LogP contribution in [-0.4, -0.2) is 77.7 Å². The summed E-state index contributed by atoms with van der Waals surface area (Å²) < 4.78 is 12.5. The Morgan fingerprint density at radius 3 is 2.63 bits per heavy atom. The average Bonchev–Trinajstić information content (AvgIpc) is 3.57. The number of nitrogens with zero attached hydrogens (tertiary/aromatic N) is 5. The number of ketones is 1. The number of likely N-dealkylation sites (N-methyl/N-ethyl adjacent to an activating group) is 1. The summed E-state index contributed by atoms with van der Waals surface area (Å²) in [6, 6.07) is 2.90. The Morgan fingerprint density at radius 2 is 1.89 bits per heavy atom. The maximum absolute atomic E-state index is 13.2. The van der Waals surface area contributed by atoms with Gasteiger partial charge in [-0.3, -0.25) is 9.69 Å². The summed E-state index contributed by atoms with van der Waals surface area (Å²) in [6.07, 6.45) is 10.7. The summed E-state index contributed by atoms with van der Waals surface area (Å²) in [4.78, 5) is 27.8. The molecule has 0 aromatic carbocycles. The fourth-order valence-electron chi connectivity index (χ4n) is 7.31. The SMILES string of the molecule is CNC1CCN(c2cc(O[C@@H](C)[C@@H]3CCCN3C)nc(-c3noc4c3CCC[C@@]43CCCCC3=O)n2)CC1. The molecule has 9 nitrogen and oxygen atoms in total. The molecule has 4 aliphatic rings. The lowest BCUT2D eigenvalue weighted by Crippen LogP contribution is -2.41. The molecule has 6 rings (SSSR count). The molecule has 2 aromatic rings. The highest BCUT2D eigenvalue weighted by atomic mass is 16.5. The molecule has 4 heterocycles. The molecule has 2 aliphatic heterocycles. The molecule has 3 fully saturated rings. The maximum atomic E-state index is 13.2. The standard InChI is InChI=1S/C29H42N6O3/c1-19(22-9-7-15-34(22)3)37-25-18-24(35-16-11-20(30-2)12-17-35)31-28(32-25)26-21-8-6-14-29(27(21)38-33-26)13-5-4-10-23(29)36/h18-20,22,30H,4-17H2,1-3H3/t19-,22-,29+/m0/s1. The highest BCUT2D eigenvalue weighted by molar-refractivity contribution is 5.91. The first-order chi connectivity index (χ1) is 18.5. The summed E-state index contributed by atoms with van der Waals surface area (Å²) >= 11 is 0. The van der Waals surface area contributed by atoms with Gasteiger partial charge in [-0.15, -0.1) is 0 Å². The monoisotopic (exact) mass is 522 g/mol. The largest absolute Gasteiger partial charge is 0.473 e. The van der Waals surface area contributed by atoms with E-state index in [-0.39, 0.29) is 6.10 Å². The number of nitrogens with one attached hydrogen (secondary N) is 1. The van der Waals surface area contributed by atoms with Crippen molar-refractivity contribution in [3.05, 3.63) is 17.4 Å². The van der Waals surface area contributed by atoms with Crippen LogP contribution in [0.3, 0.4) is 0 Å². The van der Waals surface area contributed by atoms with Gasteiger partial charge in [0.15, 0.2) is 17.3 Å². The Hall–Kier alpha value is -2.52. The lowest BCUT2D eigenvalue weighted by Gasteiger charge is -2.36. The van der Waals surface area contributed by atoms with E-state index in [0.29, 0.717) is 41.7 Å². The fraction of sp³-hybridized carbons (Fsp3) is 0.724. The molecule has 1 saturated carbocycles. The second-order valence-corrected chi connectivity index (χ2v) is 11.9. The van der Waals surface area contributed by atoms with Gasteiger partial charge in [0.2, 0.25) is 5.88 Å². The Morgan fingerprint density at radius 1 is 1.08 bits per heavy atom. The molecule has 0 amide bonds. The molecule has 1 spiro atoms. The zero-order chi connectivity index (χ0) is 26.3. The molecule has 3 atom stereocenters. The lowest BCUT2D eigenvalue weighted by molar-refractivity contribution is -0.128. The van der Waals surface area contributed by atoms with E-state index >= 15 is 0 Å².